The van der Waals surface area contributed by atoms with Crippen molar-refractivity contribution >= 4 is 17.7 Å². The fourth-order valence-electron chi connectivity index (χ4n) is 2.15. The van der Waals surface area contributed by atoms with Gasteiger partial charge in [-0.15, -0.1) is 0 Å². The number of carboxylic acid groups (broad SMARTS) is 1. The average molecular weight is 264 g/mol. The van der Waals surface area contributed by atoms with Crippen molar-refractivity contribution < 1.29 is 14.7 Å². The van der Waals surface area contributed by atoms with Gasteiger partial charge in [0.05, 0.1) is 12.4 Å². The van der Waals surface area contributed by atoms with Crippen molar-refractivity contribution in [1.29, 1.82) is 0 Å². The van der Waals surface area contributed by atoms with Gasteiger partial charge in [-0.25, -0.2) is 9.78 Å². The third-order valence-corrected chi connectivity index (χ3v) is 3.07. The zero-order chi connectivity index (χ0) is 13.8. The minimum absolute atomic E-state index is 0.0221. The second-order valence-corrected chi connectivity index (χ2v) is 4.53. The van der Waals surface area contributed by atoms with Crippen LogP contribution in [0.2, 0.25) is 0 Å². The lowest BCUT2D eigenvalue weighted by atomic mass is 10.1. The molecule has 0 unspecified atom stereocenters. The molecule has 1 aliphatic heterocycles. The van der Waals surface area contributed by atoms with Crippen LogP contribution in [0, 0.1) is 0 Å². The van der Waals surface area contributed by atoms with Crippen molar-refractivity contribution in [2.75, 3.05) is 18.0 Å². The van der Waals surface area contributed by atoms with Gasteiger partial charge in [0.2, 0.25) is 5.91 Å². The zero-order valence-corrected chi connectivity index (χ0v) is 10.7. The second kappa shape index (κ2) is 5.64. The molecule has 1 fully saturated rings. The van der Waals surface area contributed by atoms with E-state index < -0.39 is 5.97 Å². The van der Waals surface area contributed by atoms with Crippen LogP contribution < -0.4 is 10.2 Å². The average Bonchev–Trinajstić information content (AvgIpc) is 2.39. The molecule has 2 heterocycles. The van der Waals surface area contributed by atoms with Gasteiger partial charge in [0.1, 0.15) is 5.82 Å². The maximum Gasteiger partial charge on any atom is 0.356 e. The molecule has 1 saturated heterocycles. The normalized spacial score (nSPS) is 16.2. The van der Waals surface area contributed by atoms with Crippen LogP contribution >= 0.6 is 0 Å². The minimum Gasteiger partial charge on any atom is -0.476 e. The topological polar surface area (TPSA) is 95.4 Å². The quantitative estimate of drug-likeness (QED) is 0.814. The summed E-state index contributed by atoms with van der Waals surface area (Å²) in [4.78, 5) is 31.7. The smallest absolute Gasteiger partial charge is 0.356 e. The predicted molar refractivity (Wildman–Crippen MR) is 68.0 cm³/mol. The van der Waals surface area contributed by atoms with Crippen LogP contribution in [0.5, 0.6) is 0 Å². The molecular weight excluding hydrogens is 248 g/mol. The molecule has 0 aliphatic carbocycles. The molecule has 19 heavy (non-hydrogen) atoms. The molecule has 7 nitrogen and oxygen atoms in total. The largest absolute Gasteiger partial charge is 0.476 e. The number of carbonyl (C=O) groups is 2. The van der Waals surface area contributed by atoms with E-state index in [-0.39, 0.29) is 17.6 Å². The first kappa shape index (κ1) is 13.3. The Hall–Kier alpha value is -2.18. The number of hydrogen-bond acceptors (Lipinski definition) is 5. The molecule has 0 atom stereocenters. The van der Waals surface area contributed by atoms with Crippen LogP contribution in [0.1, 0.15) is 30.3 Å². The Kier molecular flexibility index (Phi) is 3.94. The van der Waals surface area contributed by atoms with Gasteiger partial charge in [-0.1, -0.05) is 0 Å². The number of nitrogens with one attached hydrogen (secondary N) is 1. The summed E-state index contributed by atoms with van der Waals surface area (Å²) < 4.78 is 0. The van der Waals surface area contributed by atoms with Crippen LogP contribution in [-0.2, 0) is 4.79 Å². The van der Waals surface area contributed by atoms with Gasteiger partial charge in [0, 0.05) is 26.1 Å². The molecule has 1 amide bonds. The number of aromatic carboxylic acids is 1. The molecule has 0 bridgehead atoms. The summed E-state index contributed by atoms with van der Waals surface area (Å²) in [6.45, 7) is 2.96. The molecule has 1 aromatic heterocycles. The Bertz CT molecular complexity index is 484. The summed E-state index contributed by atoms with van der Waals surface area (Å²) in [5.74, 6) is -0.533. The Labute approximate surface area is 110 Å². The Morgan fingerprint density at radius 2 is 2.05 bits per heavy atom. The lowest BCUT2D eigenvalue weighted by molar-refractivity contribution is -0.119. The molecule has 1 aliphatic rings. The van der Waals surface area contributed by atoms with E-state index in [1.54, 1.807) is 6.20 Å². The van der Waals surface area contributed by atoms with Crippen molar-refractivity contribution in [1.82, 2.24) is 15.3 Å². The number of aromatic nitrogens is 2. The van der Waals surface area contributed by atoms with Gasteiger partial charge >= 0.3 is 5.97 Å². The van der Waals surface area contributed by atoms with Crippen LogP contribution in [-0.4, -0.2) is 46.1 Å². The van der Waals surface area contributed by atoms with E-state index in [2.05, 4.69) is 15.3 Å². The summed E-state index contributed by atoms with van der Waals surface area (Å²) in [6, 6.07) is 0.185. The fourth-order valence-corrected chi connectivity index (χ4v) is 2.15. The van der Waals surface area contributed by atoms with Gasteiger partial charge in [0.25, 0.3) is 0 Å². The van der Waals surface area contributed by atoms with Crippen LogP contribution in [0.3, 0.4) is 0 Å². The van der Waals surface area contributed by atoms with Gasteiger partial charge in [-0.3, -0.25) is 9.78 Å². The zero-order valence-electron chi connectivity index (χ0n) is 10.7. The maximum atomic E-state index is 11.0. The highest BCUT2D eigenvalue weighted by Gasteiger charge is 2.21. The summed E-state index contributed by atoms with van der Waals surface area (Å²) in [5, 5.41) is 11.8. The number of anilines is 1. The lowest BCUT2D eigenvalue weighted by Gasteiger charge is -2.32. The van der Waals surface area contributed by atoms with E-state index in [9.17, 15) is 9.59 Å². The number of carboxylic acids is 1. The maximum absolute atomic E-state index is 11.0. The monoisotopic (exact) mass is 264 g/mol. The van der Waals surface area contributed by atoms with Crippen molar-refractivity contribution in [3.63, 3.8) is 0 Å². The fraction of sp³-hybridized carbons (Fsp3) is 0.500. The molecule has 7 heteroatoms. The Balaban J connectivity index is 1.99. The van der Waals surface area contributed by atoms with E-state index in [1.807, 2.05) is 4.90 Å². The Morgan fingerprint density at radius 1 is 1.37 bits per heavy atom. The van der Waals surface area contributed by atoms with E-state index >= 15 is 0 Å². The highest BCUT2D eigenvalue weighted by Crippen LogP contribution is 2.17. The summed E-state index contributed by atoms with van der Waals surface area (Å²) >= 11 is 0. The van der Waals surface area contributed by atoms with Gasteiger partial charge in [-0.2, -0.15) is 0 Å². The number of rotatable bonds is 3. The summed E-state index contributed by atoms with van der Waals surface area (Å²) in [5.41, 5.74) is -0.0542. The van der Waals surface area contributed by atoms with Crippen LogP contribution in [0.25, 0.3) is 0 Å². The van der Waals surface area contributed by atoms with E-state index in [1.165, 1.54) is 13.1 Å². The van der Waals surface area contributed by atoms with Gasteiger partial charge < -0.3 is 15.3 Å². The molecule has 0 saturated carbocycles. The van der Waals surface area contributed by atoms with E-state index in [0.717, 1.165) is 25.9 Å². The minimum atomic E-state index is -1.08. The summed E-state index contributed by atoms with van der Waals surface area (Å²) in [7, 11) is 0. The van der Waals surface area contributed by atoms with Crippen LogP contribution in [0.4, 0.5) is 5.82 Å². The Morgan fingerprint density at radius 3 is 2.63 bits per heavy atom. The van der Waals surface area contributed by atoms with Gasteiger partial charge in [-0.05, 0) is 12.8 Å². The lowest BCUT2D eigenvalue weighted by Crippen LogP contribution is -2.44. The highest BCUT2D eigenvalue weighted by atomic mass is 16.4. The highest BCUT2D eigenvalue weighted by molar-refractivity contribution is 5.85. The standard InChI is InChI=1S/C12H16N4O3/c1-8(17)14-9-2-4-16(5-3-9)11-7-13-6-10(15-11)12(18)19/h6-7,9H,2-5H2,1H3,(H,14,17)(H,18,19). The van der Waals surface area contributed by atoms with E-state index in [4.69, 9.17) is 5.11 Å². The van der Waals surface area contributed by atoms with E-state index in [0.29, 0.717) is 5.82 Å². The van der Waals surface area contributed by atoms with Gasteiger partial charge in [0.15, 0.2) is 5.69 Å². The first-order valence-electron chi connectivity index (χ1n) is 6.13. The number of nitrogens with zero attached hydrogens (tertiary/aromatic N) is 3. The SMILES string of the molecule is CC(=O)NC1CCN(c2cncc(C(=O)O)n2)CC1. The summed E-state index contributed by atoms with van der Waals surface area (Å²) in [6.07, 6.45) is 4.43. The first-order valence-corrected chi connectivity index (χ1v) is 6.13. The van der Waals surface area contributed by atoms with Crippen molar-refractivity contribution in [3.8, 4) is 0 Å². The number of carbonyl (C=O) groups excluding carboxylic acids is 1. The third-order valence-electron chi connectivity index (χ3n) is 3.07. The molecule has 2 rings (SSSR count). The van der Waals surface area contributed by atoms with Crippen molar-refractivity contribution in [2.45, 2.75) is 25.8 Å². The molecule has 0 spiro atoms. The molecule has 2 N–H and O–H groups in total. The van der Waals surface area contributed by atoms with Crippen LogP contribution in [0.15, 0.2) is 12.4 Å². The molecule has 102 valence electrons. The number of piperidine rings is 1. The molecule has 1 aromatic rings. The second-order valence-electron chi connectivity index (χ2n) is 4.53. The van der Waals surface area contributed by atoms with Crippen molar-refractivity contribution in [2.24, 2.45) is 0 Å². The predicted octanol–water partition coefficient (Wildman–Crippen LogP) is 0.280. The number of amides is 1. The molecular formula is C12H16N4O3. The molecule has 0 radical (unpaired) electrons. The van der Waals surface area contributed by atoms with Crippen molar-refractivity contribution in [3.05, 3.63) is 18.1 Å². The first-order chi connectivity index (χ1) is 9.06. The number of hydrogen-bond donors (Lipinski definition) is 2. The third kappa shape index (κ3) is 3.40. The molecule has 0 aromatic carbocycles.